The number of esters is 2. The van der Waals surface area contributed by atoms with Gasteiger partial charge in [-0.3, -0.25) is 4.90 Å². The Bertz CT molecular complexity index is 1560. The predicted octanol–water partition coefficient (Wildman–Crippen LogP) is 7.42. The first kappa shape index (κ1) is 33.6. The number of carbonyl (C=O) groups excluding carboxylic acids is 3. The lowest BCUT2D eigenvalue weighted by atomic mass is 10.1. The number of benzene rings is 4. The molecule has 2 amide bonds. The highest BCUT2D eigenvalue weighted by Crippen LogP contribution is 2.29. The highest BCUT2D eigenvalue weighted by molar-refractivity contribution is 5.92. The lowest BCUT2D eigenvalue weighted by Crippen LogP contribution is -2.48. The SMILES string of the molecule is COC(=O)c1ccc(CN(C(=O)N2CCC(F)(F)CC2)c2ccccc2)cc1.COC(=O)c1ccc(CNc2ccccc2)cc1. The van der Waals surface area contributed by atoms with Crippen molar-refractivity contribution in [1.29, 1.82) is 0 Å². The number of carbonyl (C=O) groups is 3. The molecule has 4 aromatic rings. The van der Waals surface area contributed by atoms with Crippen LogP contribution in [0.3, 0.4) is 0 Å². The molecule has 1 aliphatic heterocycles. The van der Waals surface area contributed by atoms with Crippen LogP contribution in [-0.4, -0.2) is 56.1 Å². The van der Waals surface area contributed by atoms with Gasteiger partial charge in [0, 0.05) is 43.9 Å². The minimum atomic E-state index is -2.71. The van der Waals surface area contributed by atoms with E-state index in [1.807, 2.05) is 60.7 Å². The lowest BCUT2D eigenvalue weighted by molar-refractivity contribution is -0.0465. The first-order valence-corrected chi connectivity index (χ1v) is 14.8. The van der Waals surface area contributed by atoms with Crippen molar-refractivity contribution >= 4 is 29.3 Å². The van der Waals surface area contributed by atoms with Gasteiger partial charge in [0.2, 0.25) is 0 Å². The molecule has 1 heterocycles. The van der Waals surface area contributed by atoms with Crippen LogP contribution in [0.2, 0.25) is 0 Å². The maximum atomic E-state index is 13.5. The fraction of sp³-hybridized carbons (Fsp3) is 0.250. The van der Waals surface area contributed by atoms with E-state index < -0.39 is 11.9 Å². The second-order valence-electron chi connectivity index (χ2n) is 10.6. The van der Waals surface area contributed by atoms with Gasteiger partial charge in [0.1, 0.15) is 0 Å². The minimum absolute atomic E-state index is 0.0243. The summed E-state index contributed by atoms with van der Waals surface area (Å²) in [6.07, 6.45) is -0.648. The summed E-state index contributed by atoms with van der Waals surface area (Å²) in [5.41, 5.74) is 4.68. The van der Waals surface area contributed by atoms with E-state index >= 15 is 0 Å². The summed E-state index contributed by atoms with van der Waals surface area (Å²) in [5.74, 6) is -3.45. The molecule has 5 rings (SSSR count). The van der Waals surface area contributed by atoms with Crippen molar-refractivity contribution in [1.82, 2.24) is 4.90 Å². The second kappa shape index (κ2) is 16.2. The van der Waals surface area contributed by atoms with Crippen LogP contribution in [0.4, 0.5) is 25.0 Å². The van der Waals surface area contributed by atoms with Crippen LogP contribution < -0.4 is 10.2 Å². The number of amides is 2. The smallest absolute Gasteiger partial charge is 0.337 e. The Hall–Kier alpha value is -5.25. The fourth-order valence-corrected chi connectivity index (χ4v) is 4.76. The third kappa shape index (κ3) is 9.62. The molecule has 0 spiro atoms. The third-order valence-electron chi connectivity index (χ3n) is 7.43. The van der Waals surface area contributed by atoms with Crippen molar-refractivity contribution in [3.8, 4) is 0 Å². The van der Waals surface area contributed by atoms with Gasteiger partial charge in [-0.05, 0) is 59.7 Å². The number of rotatable bonds is 8. The second-order valence-corrected chi connectivity index (χ2v) is 10.6. The molecular weight excluding hydrogens is 592 g/mol. The molecule has 240 valence electrons. The van der Waals surface area contributed by atoms with Crippen LogP contribution in [0.1, 0.15) is 44.7 Å². The van der Waals surface area contributed by atoms with Crippen LogP contribution in [0, 0.1) is 0 Å². The molecule has 1 fully saturated rings. The van der Waals surface area contributed by atoms with Crippen molar-refractivity contribution in [2.75, 3.05) is 37.5 Å². The third-order valence-corrected chi connectivity index (χ3v) is 7.43. The standard InChI is InChI=1S/C21H22F2N2O3.C15H15NO2/c1-28-19(26)17-9-7-16(8-10-17)15-25(18-5-3-2-4-6-18)20(27)24-13-11-21(22,23)12-14-24;1-18-15(17)13-9-7-12(8-10-13)11-16-14-5-3-2-4-6-14/h2-10H,11-15H2,1H3;2-10,16H,11H2,1H3. The number of methoxy groups -OCH3 is 2. The predicted molar refractivity (Wildman–Crippen MR) is 173 cm³/mol. The number of ether oxygens (including phenoxy) is 2. The normalized spacial score (nSPS) is 13.4. The van der Waals surface area contributed by atoms with Gasteiger partial charge in [-0.2, -0.15) is 0 Å². The van der Waals surface area contributed by atoms with Crippen LogP contribution >= 0.6 is 0 Å². The van der Waals surface area contributed by atoms with Gasteiger partial charge < -0.3 is 19.7 Å². The van der Waals surface area contributed by atoms with E-state index in [0.717, 1.165) is 23.4 Å². The number of halogens is 2. The molecule has 0 saturated carbocycles. The molecule has 0 bridgehead atoms. The first-order chi connectivity index (χ1) is 22.2. The molecule has 8 nitrogen and oxygen atoms in total. The average Bonchev–Trinajstić information content (AvgIpc) is 3.10. The number of likely N-dealkylation sites (tertiary alicyclic amines) is 1. The quantitative estimate of drug-likeness (QED) is 0.204. The summed E-state index contributed by atoms with van der Waals surface area (Å²) < 4.78 is 36.3. The van der Waals surface area contributed by atoms with Crippen LogP contribution in [0.15, 0.2) is 109 Å². The lowest BCUT2D eigenvalue weighted by Gasteiger charge is -2.35. The van der Waals surface area contributed by atoms with E-state index in [-0.39, 0.29) is 44.5 Å². The molecule has 0 aliphatic carbocycles. The van der Waals surface area contributed by atoms with E-state index in [2.05, 4.69) is 14.8 Å². The Balaban J connectivity index is 0.000000230. The van der Waals surface area contributed by atoms with E-state index in [0.29, 0.717) is 16.8 Å². The number of alkyl halides is 2. The topological polar surface area (TPSA) is 88.2 Å². The van der Waals surface area contributed by atoms with E-state index in [1.165, 1.54) is 19.1 Å². The molecule has 0 atom stereocenters. The Morgan fingerprint density at radius 3 is 1.70 bits per heavy atom. The molecular formula is C36H37F2N3O5. The monoisotopic (exact) mass is 629 g/mol. The molecule has 0 aromatic heterocycles. The Morgan fingerprint density at radius 1 is 0.717 bits per heavy atom. The first-order valence-electron chi connectivity index (χ1n) is 14.8. The summed E-state index contributed by atoms with van der Waals surface area (Å²) in [6.45, 7) is 1.04. The number of nitrogens with zero attached hydrogens (tertiary/aromatic N) is 2. The Labute approximate surface area is 267 Å². The van der Waals surface area contributed by atoms with Crippen molar-refractivity contribution in [2.24, 2.45) is 0 Å². The van der Waals surface area contributed by atoms with Gasteiger partial charge in [-0.15, -0.1) is 0 Å². The maximum Gasteiger partial charge on any atom is 0.337 e. The van der Waals surface area contributed by atoms with Gasteiger partial charge >= 0.3 is 18.0 Å². The number of para-hydroxylation sites is 2. The van der Waals surface area contributed by atoms with Gasteiger partial charge in [0.15, 0.2) is 0 Å². The van der Waals surface area contributed by atoms with E-state index in [4.69, 9.17) is 0 Å². The number of anilines is 2. The van der Waals surface area contributed by atoms with Gasteiger partial charge in [-0.1, -0.05) is 60.7 Å². The van der Waals surface area contributed by atoms with Gasteiger partial charge in [-0.25, -0.2) is 23.2 Å². The molecule has 10 heteroatoms. The van der Waals surface area contributed by atoms with Crippen molar-refractivity contribution in [3.05, 3.63) is 131 Å². The van der Waals surface area contributed by atoms with Gasteiger partial charge in [0.25, 0.3) is 5.92 Å². The van der Waals surface area contributed by atoms with E-state index in [1.54, 1.807) is 53.4 Å². The Morgan fingerprint density at radius 2 is 1.20 bits per heavy atom. The molecule has 1 aliphatic rings. The maximum absolute atomic E-state index is 13.5. The number of nitrogens with one attached hydrogen (secondary N) is 1. The highest BCUT2D eigenvalue weighted by atomic mass is 19.3. The zero-order chi connectivity index (χ0) is 32.9. The molecule has 1 saturated heterocycles. The van der Waals surface area contributed by atoms with Crippen LogP contribution in [-0.2, 0) is 22.6 Å². The highest BCUT2D eigenvalue weighted by Gasteiger charge is 2.37. The number of piperidine rings is 1. The van der Waals surface area contributed by atoms with Gasteiger partial charge in [0.05, 0.1) is 31.9 Å². The summed E-state index contributed by atoms with van der Waals surface area (Å²) in [6, 6.07) is 32.9. The Kier molecular flexibility index (Phi) is 11.8. The molecule has 1 N–H and O–H groups in total. The fourth-order valence-electron chi connectivity index (χ4n) is 4.76. The zero-order valence-corrected chi connectivity index (χ0v) is 25.8. The summed E-state index contributed by atoms with van der Waals surface area (Å²) in [4.78, 5) is 38.9. The zero-order valence-electron chi connectivity index (χ0n) is 25.8. The number of urea groups is 1. The average molecular weight is 630 g/mol. The number of hydrogen-bond donors (Lipinski definition) is 1. The molecule has 0 unspecified atom stereocenters. The molecule has 0 radical (unpaired) electrons. The van der Waals surface area contributed by atoms with Crippen molar-refractivity contribution < 1.29 is 32.6 Å². The molecule has 46 heavy (non-hydrogen) atoms. The van der Waals surface area contributed by atoms with Crippen LogP contribution in [0.25, 0.3) is 0 Å². The number of hydrogen-bond acceptors (Lipinski definition) is 6. The minimum Gasteiger partial charge on any atom is -0.465 e. The molecule has 4 aromatic carbocycles. The van der Waals surface area contributed by atoms with Crippen LogP contribution in [0.5, 0.6) is 0 Å². The summed E-state index contributed by atoms with van der Waals surface area (Å²) in [7, 11) is 2.70. The van der Waals surface area contributed by atoms with Crippen molar-refractivity contribution in [2.45, 2.75) is 31.9 Å². The van der Waals surface area contributed by atoms with E-state index in [9.17, 15) is 23.2 Å². The summed E-state index contributed by atoms with van der Waals surface area (Å²) in [5, 5.41) is 3.31. The van der Waals surface area contributed by atoms with Crippen molar-refractivity contribution in [3.63, 3.8) is 0 Å². The summed E-state index contributed by atoms with van der Waals surface area (Å²) >= 11 is 0. The largest absolute Gasteiger partial charge is 0.465 e.